The first-order valence-corrected chi connectivity index (χ1v) is 9.67. The largest absolute Gasteiger partial charge is 0.493 e. The molecule has 2 N–H and O–H groups in total. The molecule has 1 heterocycles. The third kappa shape index (κ3) is 5.28. The number of aromatic nitrogens is 2. The number of nitrogens with zero attached hydrogens (tertiary/aromatic N) is 3. The quantitative estimate of drug-likeness (QED) is 0.449. The Morgan fingerprint density at radius 1 is 1.14 bits per heavy atom. The summed E-state index contributed by atoms with van der Waals surface area (Å²) in [5.41, 5.74) is 3.04. The molecule has 7 heteroatoms. The van der Waals surface area contributed by atoms with Crippen molar-refractivity contribution in [3.63, 3.8) is 0 Å². The van der Waals surface area contributed by atoms with Crippen molar-refractivity contribution in [2.24, 2.45) is 4.99 Å². The Hall–Kier alpha value is -3.48. The number of aliphatic imine (C=N–C) groups is 1. The molecule has 0 spiro atoms. The summed E-state index contributed by atoms with van der Waals surface area (Å²) in [5, 5.41) is 6.62. The lowest BCUT2D eigenvalue weighted by Crippen LogP contribution is -2.30. The number of hydrogen-bond acceptors (Lipinski definition) is 4. The summed E-state index contributed by atoms with van der Waals surface area (Å²) in [7, 11) is 1.63. The van der Waals surface area contributed by atoms with Crippen LogP contribution < -0.4 is 20.1 Å². The first kappa shape index (κ1) is 20.3. The average Bonchev–Trinajstić information content (AvgIpc) is 3.28. The lowest BCUT2D eigenvalue weighted by atomic mass is 10.2. The SMILES string of the molecule is CCNC(=NCc1ccccc1-n1ccnc1)Nc1ccc(OC)c(OCC)c1. The van der Waals surface area contributed by atoms with Crippen molar-refractivity contribution >= 4 is 11.6 Å². The van der Waals surface area contributed by atoms with Gasteiger partial charge in [-0.2, -0.15) is 0 Å². The van der Waals surface area contributed by atoms with E-state index in [0.717, 1.165) is 23.5 Å². The second kappa shape index (κ2) is 10.2. The number of benzene rings is 2. The molecule has 0 bridgehead atoms. The van der Waals surface area contributed by atoms with Gasteiger partial charge in [-0.3, -0.25) is 0 Å². The van der Waals surface area contributed by atoms with E-state index in [1.54, 1.807) is 19.6 Å². The molecule has 0 saturated carbocycles. The summed E-state index contributed by atoms with van der Waals surface area (Å²) in [5.74, 6) is 2.09. The molecule has 3 rings (SSSR count). The van der Waals surface area contributed by atoms with Crippen LogP contribution in [0.25, 0.3) is 5.69 Å². The first-order chi connectivity index (χ1) is 14.2. The fourth-order valence-electron chi connectivity index (χ4n) is 2.93. The number of methoxy groups -OCH3 is 1. The molecule has 0 unspecified atom stereocenters. The second-order valence-electron chi connectivity index (χ2n) is 6.22. The summed E-state index contributed by atoms with van der Waals surface area (Å²) in [4.78, 5) is 8.89. The third-order valence-electron chi connectivity index (χ3n) is 4.25. The van der Waals surface area contributed by atoms with Crippen LogP contribution in [-0.2, 0) is 6.54 Å². The Morgan fingerprint density at radius 2 is 2.00 bits per heavy atom. The fourth-order valence-corrected chi connectivity index (χ4v) is 2.93. The lowest BCUT2D eigenvalue weighted by molar-refractivity contribution is 0.311. The van der Waals surface area contributed by atoms with Gasteiger partial charge >= 0.3 is 0 Å². The van der Waals surface area contributed by atoms with E-state index in [4.69, 9.17) is 14.5 Å². The molecular weight excluding hydrogens is 366 g/mol. The summed E-state index contributed by atoms with van der Waals surface area (Å²) in [6.07, 6.45) is 5.49. The smallest absolute Gasteiger partial charge is 0.196 e. The van der Waals surface area contributed by atoms with E-state index in [1.807, 2.05) is 54.9 Å². The molecular formula is C22H27N5O2. The molecule has 0 amide bonds. The molecule has 0 aliphatic rings. The number of para-hydroxylation sites is 1. The minimum Gasteiger partial charge on any atom is -0.493 e. The van der Waals surface area contributed by atoms with Crippen LogP contribution in [0.1, 0.15) is 19.4 Å². The maximum Gasteiger partial charge on any atom is 0.196 e. The summed E-state index contributed by atoms with van der Waals surface area (Å²) in [6, 6.07) is 13.9. The van der Waals surface area contributed by atoms with Gasteiger partial charge in [-0.25, -0.2) is 9.98 Å². The molecule has 0 atom stereocenters. The van der Waals surface area contributed by atoms with E-state index >= 15 is 0 Å². The van der Waals surface area contributed by atoms with Gasteiger partial charge in [-0.1, -0.05) is 18.2 Å². The molecule has 0 aliphatic heterocycles. The fraction of sp³-hybridized carbons (Fsp3) is 0.273. The second-order valence-corrected chi connectivity index (χ2v) is 6.22. The van der Waals surface area contributed by atoms with Gasteiger partial charge in [-0.15, -0.1) is 0 Å². The van der Waals surface area contributed by atoms with Crippen molar-refractivity contribution in [1.29, 1.82) is 0 Å². The highest BCUT2D eigenvalue weighted by molar-refractivity contribution is 5.94. The maximum atomic E-state index is 5.66. The Labute approximate surface area is 171 Å². The van der Waals surface area contributed by atoms with Crippen molar-refractivity contribution < 1.29 is 9.47 Å². The van der Waals surface area contributed by atoms with E-state index in [9.17, 15) is 0 Å². The third-order valence-corrected chi connectivity index (χ3v) is 4.25. The maximum absolute atomic E-state index is 5.66. The highest BCUT2D eigenvalue weighted by Crippen LogP contribution is 2.30. The minimum atomic E-state index is 0.526. The number of nitrogens with one attached hydrogen (secondary N) is 2. The lowest BCUT2D eigenvalue weighted by Gasteiger charge is -2.15. The van der Waals surface area contributed by atoms with Crippen molar-refractivity contribution in [2.45, 2.75) is 20.4 Å². The van der Waals surface area contributed by atoms with Crippen LogP contribution in [-0.4, -0.2) is 35.8 Å². The number of hydrogen-bond donors (Lipinski definition) is 2. The zero-order valence-electron chi connectivity index (χ0n) is 17.1. The van der Waals surface area contributed by atoms with Crippen LogP contribution in [0.5, 0.6) is 11.5 Å². The molecule has 0 saturated heterocycles. The molecule has 0 aliphatic carbocycles. The molecule has 7 nitrogen and oxygen atoms in total. The normalized spacial score (nSPS) is 11.2. The van der Waals surface area contributed by atoms with Crippen LogP contribution in [0.4, 0.5) is 5.69 Å². The van der Waals surface area contributed by atoms with E-state index < -0.39 is 0 Å². The molecule has 3 aromatic rings. The van der Waals surface area contributed by atoms with Gasteiger partial charge < -0.3 is 24.7 Å². The van der Waals surface area contributed by atoms with Crippen molar-refractivity contribution in [1.82, 2.24) is 14.9 Å². The number of guanidine groups is 1. The van der Waals surface area contributed by atoms with Crippen LogP contribution in [0, 0.1) is 0 Å². The number of ether oxygens (including phenoxy) is 2. The molecule has 1 aromatic heterocycles. The number of rotatable bonds is 8. The number of anilines is 1. The summed E-state index contributed by atoms with van der Waals surface area (Å²) < 4.78 is 13.0. The topological polar surface area (TPSA) is 72.7 Å². The van der Waals surface area contributed by atoms with Gasteiger partial charge in [0.25, 0.3) is 0 Å². The number of imidazole rings is 1. The summed E-state index contributed by atoms with van der Waals surface area (Å²) >= 11 is 0. The van der Waals surface area contributed by atoms with Crippen LogP contribution >= 0.6 is 0 Å². The highest BCUT2D eigenvalue weighted by atomic mass is 16.5. The van der Waals surface area contributed by atoms with Gasteiger partial charge in [0.05, 0.1) is 32.3 Å². The van der Waals surface area contributed by atoms with Gasteiger partial charge in [0.2, 0.25) is 0 Å². The predicted octanol–water partition coefficient (Wildman–Crippen LogP) is 3.86. The monoisotopic (exact) mass is 393 g/mol. The minimum absolute atomic E-state index is 0.526. The standard InChI is InChI=1S/C22H27N5O2/c1-4-24-22(26-18-10-11-20(28-3)21(14-18)29-5-2)25-15-17-8-6-7-9-19(17)27-13-12-23-16-27/h6-14,16H,4-5,15H2,1-3H3,(H2,24,25,26). The van der Waals surface area contributed by atoms with Crippen LogP contribution in [0.3, 0.4) is 0 Å². The van der Waals surface area contributed by atoms with Crippen molar-refractivity contribution in [2.75, 3.05) is 25.6 Å². The average molecular weight is 393 g/mol. The Kier molecular flexibility index (Phi) is 7.10. The Morgan fingerprint density at radius 3 is 2.72 bits per heavy atom. The summed E-state index contributed by atoms with van der Waals surface area (Å²) in [6.45, 7) is 5.83. The zero-order valence-corrected chi connectivity index (χ0v) is 17.1. The van der Waals surface area contributed by atoms with Crippen LogP contribution in [0.2, 0.25) is 0 Å². The Bertz CT molecular complexity index is 938. The molecule has 0 fully saturated rings. The molecule has 152 valence electrons. The van der Waals surface area contributed by atoms with Gasteiger partial charge in [-0.05, 0) is 37.6 Å². The van der Waals surface area contributed by atoms with Crippen LogP contribution in [0.15, 0.2) is 66.2 Å². The first-order valence-electron chi connectivity index (χ1n) is 9.67. The van der Waals surface area contributed by atoms with Crippen molar-refractivity contribution in [3.8, 4) is 17.2 Å². The van der Waals surface area contributed by atoms with E-state index in [-0.39, 0.29) is 0 Å². The van der Waals surface area contributed by atoms with Gasteiger partial charge in [0.15, 0.2) is 17.5 Å². The predicted molar refractivity (Wildman–Crippen MR) is 116 cm³/mol. The zero-order chi connectivity index (χ0) is 20.5. The molecule has 29 heavy (non-hydrogen) atoms. The van der Waals surface area contributed by atoms with Crippen molar-refractivity contribution in [3.05, 3.63) is 66.7 Å². The van der Waals surface area contributed by atoms with E-state index in [2.05, 4.69) is 27.8 Å². The molecule has 0 radical (unpaired) electrons. The Balaban J connectivity index is 1.81. The van der Waals surface area contributed by atoms with Gasteiger partial charge in [0.1, 0.15) is 0 Å². The van der Waals surface area contributed by atoms with Gasteiger partial charge in [0, 0.05) is 30.7 Å². The molecule has 2 aromatic carbocycles. The van der Waals surface area contributed by atoms with E-state index in [1.165, 1.54) is 0 Å². The highest BCUT2D eigenvalue weighted by Gasteiger charge is 2.08. The van der Waals surface area contributed by atoms with E-state index in [0.29, 0.717) is 30.6 Å².